The summed E-state index contributed by atoms with van der Waals surface area (Å²) in [4.78, 5) is 11.1. The van der Waals surface area contributed by atoms with Gasteiger partial charge >= 0.3 is 6.09 Å². The van der Waals surface area contributed by atoms with Crippen LogP contribution in [-0.4, -0.2) is 19.8 Å². The Morgan fingerprint density at radius 2 is 2.27 bits per heavy atom. The molecule has 0 radical (unpaired) electrons. The van der Waals surface area contributed by atoms with Crippen LogP contribution in [0.2, 0.25) is 0 Å². The number of carbonyl (C=O) groups is 1. The maximum absolute atomic E-state index is 11.1. The lowest BCUT2D eigenvalue weighted by Gasteiger charge is -2.24. The molecule has 0 unspecified atom stereocenters. The number of carbonyl (C=O) groups excluding carboxylic acids is 1. The summed E-state index contributed by atoms with van der Waals surface area (Å²) in [6.07, 6.45) is 0.406. The molecular formula is C11H13NO3. The van der Waals surface area contributed by atoms with E-state index in [1.807, 2.05) is 24.3 Å². The molecule has 4 heteroatoms. The molecule has 80 valence electrons. The maximum atomic E-state index is 11.1. The number of cyclic esters (lactones) is 1. The van der Waals surface area contributed by atoms with Gasteiger partial charge in [0, 0.05) is 12.0 Å². The molecule has 1 aromatic carbocycles. The first kappa shape index (κ1) is 9.83. The van der Waals surface area contributed by atoms with Gasteiger partial charge in [0.15, 0.2) is 0 Å². The molecule has 1 saturated heterocycles. The van der Waals surface area contributed by atoms with Gasteiger partial charge < -0.3 is 14.8 Å². The Labute approximate surface area is 88.2 Å². The van der Waals surface area contributed by atoms with Crippen LogP contribution >= 0.6 is 0 Å². The van der Waals surface area contributed by atoms with E-state index in [0.29, 0.717) is 6.61 Å². The second kappa shape index (κ2) is 4.21. The first-order valence-electron chi connectivity index (χ1n) is 4.87. The first-order valence-corrected chi connectivity index (χ1v) is 4.87. The predicted octanol–water partition coefficient (Wildman–Crippen LogP) is 1.87. The average molecular weight is 207 g/mol. The third-order valence-corrected chi connectivity index (χ3v) is 2.45. The van der Waals surface area contributed by atoms with Gasteiger partial charge in [-0.15, -0.1) is 0 Å². The van der Waals surface area contributed by atoms with Crippen molar-refractivity contribution in [2.45, 2.75) is 12.5 Å². The Morgan fingerprint density at radius 3 is 3.00 bits per heavy atom. The van der Waals surface area contributed by atoms with E-state index in [2.05, 4.69) is 5.32 Å². The fourth-order valence-electron chi connectivity index (χ4n) is 1.71. The number of hydrogen-bond acceptors (Lipinski definition) is 3. The number of nitrogens with one attached hydrogen (secondary N) is 1. The van der Waals surface area contributed by atoms with Gasteiger partial charge in [0.1, 0.15) is 5.75 Å². The molecule has 4 nitrogen and oxygen atoms in total. The normalized spacial score (nSPS) is 20.3. The zero-order valence-electron chi connectivity index (χ0n) is 8.53. The van der Waals surface area contributed by atoms with Crippen molar-refractivity contribution in [2.24, 2.45) is 0 Å². The van der Waals surface area contributed by atoms with E-state index >= 15 is 0 Å². The summed E-state index contributed by atoms with van der Waals surface area (Å²) < 4.78 is 10.1. The minimum atomic E-state index is -0.364. The van der Waals surface area contributed by atoms with E-state index in [-0.39, 0.29) is 12.1 Å². The topological polar surface area (TPSA) is 47.6 Å². The van der Waals surface area contributed by atoms with Gasteiger partial charge in [0.25, 0.3) is 0 Å². The lowest BCUT2D eigenvalue weighted by molar-refractivity contribution is 0.115. The van der Waals surface area contributed by atoms with Crippen LogP contribution in [0.1, 0.15) is 18.0 Å². The van der Waals surface area contributed by atoms with Gasteiger partial charge in [0.2, 0.25) is 0 Å². The molecule has 1 atom stereocenters. The zero-order valence-corrected chi connectivity index (χ0v) is 8.53. The van der Waals surface area contributed by atoms with E-state index in [0.717, 1.165) is 17.7 Å². The fourth-order valence-corrected chi connectivity index (χ4v) is 1.71. The van der Waals surface area contributed by atoms with E-state index in [4.69, 9.17) is 9.47 Å². The third kappa shape index (κ3) is 2.03. The smallest absolute Gasteiger partial charge is 0.407 e. The molecule has 1 amide bonds. The van der Waals surface area contributed by atoms with Crippen molar-refractivity contribution >= 4 is 6.09 Å². The number of methoxy groups -OCH3 is 1. The van der Waals surface area contributed by atoms with E-state index < -0.39 is 0 Å². The maximum Gasteiger partial charge on any atom is 0.407 e. The Balaban J connectivity index is 2.24. The summed E-state index contributed by atoms with van der Waals surface area (Å²) in [7, 11) is 1.62. The number of para-hydroxylation sites is 1. The van der Waals surface area contributed by atoms with E-state index in [9.17, 15) is 4.79 Å². The first-order chi connectivity index (χ1) is 7.31. The standard InChI is InChI=1S/C11H13NO3/c1-14-10-5-3-2-4-8(10)9-6-7-15-11(13)12-9/h2-5,9H,6-7H2,1H3,(H,12,13)/t9-/m0/s1. The van der Waals surface area contributed by atoms with Gasteiger partial charge in [-0.2, -0.15) is 0 Å². The number of hydrogen-bond donors (Lipinski definition) is 1. The van der Waals surface area contributed by atoms with Gasteiger partial charge in [-0.05, 0) is 6.07 Å². The van der Waals surface area contributed by atoms with Crippen LogP contribution in [0.5, 0.6) is 5.75 Å². The van der Waals surface area contributed by atoms with E-state index in [1.54, 1.807) is 7.11 Å². The molecule has 1 N–H and O–H groups in total. The van der Waals surface area contributed by atoms with Crippen LogP contribution in [0.25, 0.3) is 0 Å². The third-order valence-electron chi connectivity index (χ3n) is 2.45. The Hall–Kier alpha value is -1.71. The quantitative estimate of drug-likeness (QED) is 0.805. The second-order valence-electron chi connectivity index (χ2n) is 3.36. The molecular weight excluding hydrogens is 194 g/mol. The second-order valence-corrected chi connectivity index (χ2v) is 3.36. The lowest BCUT2D eigenvalue weighted by atomic mass is 10.0. The molecule has 15 heavy (non-hydrogen) atoms. The molecule has 2 rings (SSSR count). The summed E-state index contributed by atoms with van der Waals surface area (Å²) >= 11 is 0. The van der Waals surface area contributed by atoms with Gasteiger partial charge in [-0.3, -0.25) is 0 Å². The van der Waals surface area contributed by atoms with Gasteiger partial charge in [0.05, 0.1) is 19.8 Å². The number of ether oxygens (including phenoxy) is 2. The summed E-state index contributed by atoms with van der Waals surface area (Å²) in [6, 6.07) is 7.66. The molecule has 1 heterocycles. The minimum absolute atomic E-state index is 0.0117. The van der Waals surface area contributed by atoms with Crippen LogP contribution < -0.4 is 10.1 Å². The molecule has 0 aromatic heterocycles. The molecule has 0 spiro atoms. The van der Waals surface area contributed by atoms with Crippen molar-refractivity contribution in [2.75, 3.05) is 13.7 Å². The van der Waals surface area contributed by atoms with Crippen LogP contribution in [0.15, 0.2) is 24.3 Å². The average Bonchev–Trinajstić information content (AvgIpc) is 2.29. The van der Waals surface area contributed by atoms with Crippen molar-refractivity contribution in [3.63, 3.8) is 0 Å². The van der Waals surface area contributed by atoms with Crippen molar-refractivity contribution in [3.8, 4) is 5.75 Å². The number of benzene rings is 1. The molecule has 1 aromatic rings. The van der Waals surface area contributed by atoms with Gasteiger partial charge in [-0.25, -0.2) is 4.79 Å². The highest BCUT2D eigenvalue weighted by Crippen LogP contribution is 2.28. The van der Waals surface area contributed by atoms with Gasteiger partial charge in [-0.1, -0.05) is 18.2 Å². The molecule has 1 aliphatic heterocycles. The Kier molecular flexibility index (Phi) is 2.76. The summed E-state index contributed by atoms with van der Waals surface area (Å²) in [5, 5.41) is 2.77. The van der Waals surface area contributed by atoms with Crippen LogP contribution in [-0.2, 0) is 4.74 Å². The summed E-state index contributed by atoms with van der Waals surface area (Å²) in [6.45, 7) is 0.453. The summed E-state index contributed by atoms with van der Waals surface area (Å²) in [5.74, 6) is 0.796. The highest BCUT2D eigenvalue weighted by molar-refractivity contribution is 5.68. The Morgan fingerprint density at radius 1 is 1.47 bits per heavy atom. The van der Waals surface area contributed by atoms with E-state index in [1.165, 1.54) is 0 Å². The van der Waals surface area contributed by atoms with Crippen molar-refractivity contribution < 1.29 is 14.3 Å². The minimum Gasteiger partial charge on any atom is -0.496 e. The van der Waals surface area contributed by atoms with Crippen LogP contribution in [0.3, 0.4) is 0 Å². The Bertz CT molecular complexity index is 365. The molecule has 0 saturated carbocycles. The highest BCUT2D eigenvalue weighted by atomic mass is 16.6. The molecule has 1 aliphatic rings. The molecule has 0 bridgehead atoms. The highest BCUT2D eigenvalue weighted by Gasteiger charge is 2.22. The lowest BCUT2D eigenvalue weighted by Crippen LogP contribution is -2.35. The zero-order chi connectivity index (χ0) is 10.7. The number of rotatable bonds is 2. The summed E-state index contributed by atoms with van der Waals surface area (Å²) in [5.41, 5.74) is 0.997. The SMILES string of the molecule is COc1ccccc1[C@@H]1CCOC(=O)N1. The van der Waals surface area contributed by atoms with Crippen LogP contribution in [0, 0.1) is 0 Å². The monoisotopic (exact) mass is 207 g/mol. The number of alkyl carbamates (subject to hydrolysis) is 1. The number of amides is 1. The largest absolute Gasteiger partial charge is 0.496 e. The van der Waals surface area contributed by atoms with Crippen molar-refractivity contribution in [3.05, 3.63) is 29.8 Å². The molecule has 1 fully saturated rings. The van der Waals surface area contributed by atoms with Crippen molar-refractivity contribution in [1.29, 1.82) is 0 Å². The molecule has 0 aliphatic carbocycles. The predicted molar refractivity (Wildman–Crippen MR) is 54.8 cm³/mol. The fraction of sp³-hybridized carbons (Fsp3) is 0.364. The van der Waals surface area contributed by atoms with Crippen molar-refractivity contribution in [1.82, 2.24) is 5.32 Å². The van der Waals surface area contributed by atoms with Crippen LogP contribution in [0.4, 0.5) is 4.79 Å².